The molecule has 0 unspecified atom stereocenters. The van der Waals surface area contributed by atoms with E-state index in [1.54, 1.807) is 11.1 Å². The second-order valence-corrected chi connectivity index (χ2v) is 10.8. The fourth-order valence-corrected chi connectivity index (χ4v) is 5.77. The van der Waals surface area contributed by atoms with E-state index in [1.165, 1.54) is 6.07 Å². The van der Waals surface area contributed by atoms with Crippen molar-refractivity contribution in [1.82, 2.24) is 9.88 Å². The Bertz CT molecular complexity index is 1220. The summed E-state index contributed by atoms with van der Waals surface area (Å²) in [4.78, 5) is 30.8. The maximum absolute atomic E-state index is 13.3. The number of nitro benzene ring substituents is 1. The Labute approximate surface area is 236 Å². The standard InChI is InChI=1S/C28H34F3N5O5/c29-28(30,31)24-17-20(7-10-25(24)36(38)39)33-19-5-8-23(9-6-19)40-26-18-21(11-12-32-26)34-13-15-35(16-14-34)27(37)41-22-3-1-2-4-22/h7,10-12,17-19,22-23,33H,1-6,8-9,13-16H2. The molecule has 10 nitrogen and oxygen atoms in total. The number of benzene rings is 1. The molecule has 3 fully saturated rings. The van der Waals surface area contributed by atoms with Crippen molar-refractivity contribution >= 4 is 23.2 Å². The summed E-state index contributed by atoms with van der Waals surface area (Å²) in [7, 11) is 0. The predicted molar refractivity (Wildman–Crippen MR) is 145 cm³/mol. The van der Waals surface area contributed by atoms with E-state index in [0.29, 0.717) is 57.7 Å². The topological polar surface area (TPSA) is 110 Å². The second-order valence-electron chi connectivity index (χ2n) is 10.8. The molecule has 0 radical (unpaired) electrons. The lowest BCUT2D eigenvalue weighted by molar-refractivity contribution is -0.388. The number of piperazine rings is 1. The number of carbonyl (C=O) groups is 1. The Morgan fingerprint density at radius 3 is 2.34 bits per heavy atom. The lowest BCUT2D eigenvalue weighted by Crippen LogP contribution is -2.49. The van der Waals surface area contributed by atoms with Gasteiger partial charge in [0.15, 0.2) is 0 Å². The van der Waals surface area contributed by atoms with Gasteiger partial charge in [0, 0.05) is 61.9 Å². The van der Waals surface area contributed by atoms with Gasteiger partial charge in [-0.15, -0.1) is 0 Å². The van der Waals surface area contributed by atoms with Crippen LogP contribution in [0.4, 0.5) is 35.0 Å². The lowest BCUT2D eigenvalue weighted by Gasteiger charge is -2.36. The number of carbonyl (C=O) groups excluding carboxylic acids is 1. The van der Waals surface area contributed by atoms with Gasteiger partial charge in [0.25, 0.3) is 5.69 Å². The van der Waals surface area contributed by atoms with Crippen LogP contribution in [0.2, 0.25) is 0 Å². The number of aromatic nitrogens is 1. The lowest BCUT2D eigenvalue weighted by atomic mass is 9.92. The van der Waals surface area contributed by atoms with Crippen LogP contribution in [0.15, 0.2) is 36.5 Å². The van der Waals surface area contributed by atoms with E-state index < -0.39 is 22.4 Å². The number of anilines is 2. The van der Waals surface area contributed by atoms with Gasteiger partial charge in [-0.05, 0) is 69.6 Å². The highest BCUT2D eigenvalue weighted by atomic mass is 19.4. The number of alkyl halides is 3. The minimum absolute atomic E-state index is 0.0517. The molecule has 41 heavy (non-hydrogen) atoms. The van der Waals surface area contributed by atoms with Crippen LogP contribution in [-0.4, -0.2) is 65.3 Å². The molecule has 2 aliphatic carbocycles. The number of amides is 1. The molecule has 0 bridgehead atoms. The fourth-order valence-electron chi connectivity index (χ4n) is 5.77. The molecule has 2 heterocycles. The molecular weight excluding hydrogens is 543 g/mol. The van der Waals surface area contributed by atoms with E-state index in [-0.39, 0.29) is 30.0 Å². The van der Waals surface area contributed by atoms with Crippen molar-refractivity contribution in [2.24, 2.45) is 0 Å². The van der Waals surface area contributed by atoms with Crippen molar-refractivity contribution in [3.05, 3.63) is 52.2 Å². The molecule has 3 aliphatic rings. The van der Waals surface area contributed by atoms with Gasteiger partial charge in [-0.3, -0.25) is 10.1 Å². The first-order valence-electron chi connectivity index (χ1n) is 14.1. The van der Waals surface area contributed by atoms with Gasteiger partial charge >= 0.3 is 12.3 Å². The zero-order chi connectivity index (χ0) is 29.0. The maximum atomic E-state index is 13.3. The van der Waals surface area contributed by atoms with Crippen molar-refractivity contribution < 1.29 is 32.4 Å². The highest BCUT2D eigenvalue weighted by Crippen LogP contribution is 2.38. The molecule has 222 valence electrons. The van der Waals surface area contributed by atoms with Crippen molar-refractivity contribution in [2.45, 2.75) is 75.8 Å². The summed E-state index contributed by atoms with van der Waals surface area (Å²) in [5.74, 6) is 0.507. The van der Waals surface area contributed by atoms with Crippen LogP contribution < -0.4 is 15.0 Å². The monoisotopic (exact) mass is 577 g/mol. The SMILES string of the molecule is O=C(OC1CCCC1)N1CCN(c2ccnc(OC3CCC(Nc4ccc([N+](=O)[O-])c(C(F)(F)F)c4)CC3)c2)CC1. The molecule has 1 saturated heterocycles. The first-order chi connectivity index (χ1) is 19.7. The second kappa shape index (κ2) is 12.4. The molecular formula is C28H34F3N5O5. The largest absolute Gasteiger partial charge is 0.474 e. The van der Waals surface area contributed by atoms with E-state index in [1.807, 2.05) is 12.1 Å². The zero-order valence-corrected chi connectivity index (χ0v) is 22.6. The summed E-state index contributed by atoms with van der Waals surface area (Å²) in [5.41, 5.74) is -1.05. The number of nitrogens with zero attached hydrogens (tertiary/aromatic N) is 4. The maximum Gasteiger partial charge on any atom is 0.423 e. The number of pyridine rings is 1. The number of hydrogen-bond acceptors (Lipinski definition) is 8. The molecule has 5 rings (SSSR count). The van der Waals surface area contributed by atoms with Crippen molar-refractivity contribution in [3.63, 3.8) is 0 Å². The van der Waals surface area contributed by atoms with Gasteiger partial charge in [0.1, 0.15) is 17.8 Å². The molecule has 0 atom stereocenters. The van der Waals surface area contributed by atoms with Crippen LogP contribution in [0, 0.1) is 10.1 Å². The predicted octanol–water partition coefficient (Wildman–Crippen LogP) is 6.01. The summed E-state index contributed by atoms with van der Waals surface area (Å²) in [6.07, 6.45) is 3.46. The zero-order valence-electron chi connectivity index (χ0n) is 22.6. The van der Waals surface area contributed by atoms with E-state index in [0.717, 1.165) is 43.5 Å². The molecule has 1 aliphatic heterocycles. The number of nitrogens with one attached hydrogen (secondary N) is 1. The normalized spacial score (nSPS) is 21.9. The first kappa shape index (κ1) is 28.7. The van der Waals surface area contributed by atoms with E-state index in [2.05, 4.69) is 15.2 Å². The summed E-state index contributed by atoms with van der Waals surface area (Å²) in [6, 6.07) is 6.73. The van der Waals surface area contributed by atoms with Gasteiger partial charge in [-0.2, -0.15) is 13.2 Å². The summed E-state index contributed by atoms with van der Waals surface area (Å²) in [6.45, 7) is 2.53. The Kier molecular flexibility index (Phi) is 8.69. The summed E-state index contributed by atoms with van der Waals surface area (Å²) in [5, 5.41) is 14.1. The molecule has 1 aromatic heterocycles. The number of hydrogen-bond donors (Lipinski definition) is 1. The van der Waals surface area contributed by atoms with Crippen LogP contribution >= 0.6 is 0 Å². The molecule has 2 saturated carbocycles. The highest BCUT2D eigenvalue weighted by Gasteiger charge is 2.38. The van der Waals surface area contributed by atoms with E-state index in [9.17, 15) is 28.1 Å². The van der Waals surface area contributed by atoms with Crippen molar-refractivity contribution in [3.8, 4) is 5.88 Å². The minimum Gasteiger partial charge on any atom is -0.474 e. The summed E-state index contributed by atoms with van der Waals surface area (Å²) < 4.78 is 51.7. The van der Waals surface area contributed by atoms with Gasteiger partial charge in [0.2, 0.25) is 5.88 Å². The van der Waals surface area contributed by atoms with Crippen molar-refractivity contribution in [1.29, 1.82) is 0 Å². The van der Waals surface area contributed by atoms with Gasteiger partial charge in [-0.1, -0.05) is 0 Å². The summed E-state index contributed by atoms with van der Waals surface area (Å²) >= 11 is 0. The van der Waals surface area contributed by atoms with Crippen LogP contribution in [0.25, 0.3) is 0 Å². The molecule has 1 amide bonds. The Morgan fingerprint density at radius 1 is 0.976 bits per heavy atom. The third-order valence-corrected chi connectivity index (χ3v) is 8.02. The van der Waals surface area contributed by atoms with Gasteiger partial charge in [-0.25, -0.2) is 9.78 Å². The van der Waals surface area contributed by atoms with Crippen LogP contribution in [0.5, 0.6) is 5.88 Å². The quantitative estimate of drug-likeness (QED) is 0.315. The Morgan fingerprint density at radius 2 is 1.68 bits per heavy atom. The van der Waals surface area contributed by atoms with Crippen molar-refractivity contribution in [2.75, 3.05) is 36.4 Å². The number of rotatable bonds is 7. The molecule has 1 aromatic carbocycles. The average Bonchev–Trinajstić information content (AvgIpc) is 3.47. The average molecular weight is 578 g/mol. The van der Waals surface area contributed by atoms with Crippen LogP contribution in [-0.2, 0) is 10.9 Å². The molecule has 1 N–H and O–H groups in total. The molecule has 2 aromatic rings. The van der Waals surface area contributed by atoms with Gasteiger partial charge in [0.05, 0.1) is 4.92 Å². The Balaban J connectivity index is 1.09. The number of halogens is 3. The van der Waals surface area contributed by atoms with E-state index >= 15 is 0 Å². The first-order valence-corrected chi connectivity index (χ1v) is 14.1. The third kappa shape index (κ3) is 7.31. The highest BCUT2D eigenvalue weighted by molar-refractivity contribution is 5.68. The third-order valence-electron chi connectivity index (χ3n) is 8.02. The van der Waals surface area contributed by atoms with Crippen LogP contribution in [0.1, 0.15) is 56.9 Å². The van der Waals surface area contributed by atoms with E-state index in [4.69, 9.17) is 9.47 Å². The molecule has 0 spiro atoms. The molecule has 13 heteroatoms. The number of ether oxygens (including phenoxy) is 2. The smallest absolute Gasteiger partial charge is 0.423 e. The minimum atomic E-state index is -4.82. The van der Waals surface area contributed by atoms with Gasteiger partial charge < -0.3 is 24.6 Å². The fraction of sp³-hybridized carbons (Fsp3) is 0.571. The van der Waals surface area contributed by atoms with Crippen LogP contribution in [0.3, 0.4) is 0 Å². The number of nitro groups is 1. The Hall–Kier alpha value is -3.77.